The summed E-state index contributed by atoms with van der Waals surface area (Å²) in [5.41, 5.74) is 1.45. The van der Waals surface area contributed by atoms with E-state index in [9.17, 15) is 0 Å². The van der Waals surface area contributed by atoms with Crippen LogP contribution < -0.4 is 4.90 Å². The summed E-state index contributed by atoms with van der Waals surface area (Å²) in [5, 5.41) is 1.49. The van der Waals surface area contributed by atoms with Crippen molar-refractivity contribution in [1.82, 2.24) is 0 Å². The monoisotopic (exact) mass is 255 g/mol. The van der Waals surface area contributed by atoms with Crippen LogP contribution in [0.1, 0.15) is 57.4 Å². The van der Waals surface area contributed by atoms with E-state index in [1.165, 1.54) is 47.8 Å². The van der Waals surface area contributed by atoms with E-state index in [2.05, 4.69) is 38.7 Å². The van der Waals surface area contributed by atoms with E-state index in [1.54, 1.807) is 0 Å². The van der Waals surface area contributed by atoms with Crippen molar-refractivity contribution in [3.63, 3.8) is 0 Å². The Hall–Kier alpha value is -0.500. The van der Waals surface area contributed by atoms with Gasteiger partial charge >= 0.3 is 0 Å². The van der Waals surface area contributed by atoms with E-state index >= 15 is 0 Å². The van der Waals surface area contributed by atoms with E-state index in [-0.39, 0.29) is 0 Å². The zero-order valence-electron chi connectivity index (χ0n) is 12.5. The van der Waals surface area contributed by atoms with E-state index in [0.29, 0.717) is 0 Å². The van der Waals surface area contributed by atoms with Gasteiger partial charge in [-0.15, -0.1) is 11.3 Å². The highest BCUT2D eigenvalue weighted by Crippen LogP contribution is 2.30. The summed E-state index contributed by atoms with van der Waals surface area (Å²) >= 11 is 1.94. The number of unbranched alkanes of at least 4 members (excludes halogenated alkanes) is 1. The Kier molecular flexibility index (Phi) is 9.24. The first-order chi connectivity index (χ1) is 8.19. The summed E-state index contributed by atoms with van der Waals surface area (Å²) < 4.78 is 0. The lowest BCUT2D eigenvalue weighted by Gasteiger charge is -2.23. The Morgan fingerprint density at radius 1 is 1.06 bits per heavy atom. The molecule has 0 spiro atoms. The Morgan fingerprint density at radius 3 is 2.12 bits per heavy atom. The van der Waals surface area contributed by atoms with Gasteiger partial charge in [-0.25, -0.2) is 0 Å². The van der Waals surface area contributed by atoms with E-state index in [4.69, 9.17) is 0 Å². The smallest absolute Gasteiger partial charge is 0.0940 e. The lowest BCUT2D eigenvalue weighted by molar-refractivity contribution is 0.707. The third-order valence-corrected chi connectivity index (χ3v) is 3.79. The molecule has 2 heteroatoms. The number of thiophene rings is 1. The lowest BCUT2D eigenvalue weighted by Crippen LogP contribution is -2.24. The van der Waals surface area contributed by atoms with Gasteiger partial charge in [-0.05, 0) is 38.3 Å². The highest BCUT2D eigenvalue weighted by molar-refractivity contribution is 7.16. The maximum absolute atomic E-state index is 2.55. The summed E-state index contributed by atoms with van der Waals surface area (Å²) in [6, 6.07) is 2.30. The van der Waals surface area contributed by atoms with Crippen molar-refractivity contribution in [2.45, 2.75) is 60.8 Å². The highest BCUT2D eigenvalue weighted by Gasteiger charge is 2.10. The second kappa shape index (κ2) is 9.52. The molecular formula is C15H29NS. The van der Waals surface area contributed by atoms with Gasteiger partial charge in [0, 0.05) is 18.0 Å². The van der Waals surface area contributed by atoms with Crippen molar-refractivity contribution in [3.8, 4) is 0 Å². The zero-order chi connectivity index (χ0) is 13.3. The molecule has 1 heterocycles. The van der Waals surface area contributed by atoms with Crippen molar-refractivity contribution in [1.29, 1.82) is 0 Å². The molecule has 0 radical (unpaired) electrons. The van der Waals surface area contributed by atoms with Crippen LogP contribution in [0.2, 0.25) is 0 Å². The van der Waals surface area contributed by atoms with Crippen LogP contribution in [0.5, 0.6) is 0 Å². The van der Waals surface area contributed by atoms with Crippen molar-refractivity contribution >= 4 is 16.3 Å². The molecule has 0 aliphatic rings. The second-order valence-electron chi connectivity index (χ2n) is 4.19. The van der Waals surface area contributed by atoms with Crippen molar-refractivity contribution in [2.75, 3.05) is 18.0 Å². The standard InChI is InChI=1S/C13H23NS.C2H6/c1-5-7-9-14(8-6-2)13-11(3)10-12(4)15-13;1-2/h10H,5-9H2,1-4H3;1-2H3. The molecule has 1 rings (SSSR count). The van der Waals surface area contributed by atoms with E-state index in [1.807, 2.05) is 25.2 Å². The Balaban J connectivity index is 0.00000121. The molecule has 1 nitrogen and oxygen atoms in total. The molecule has 100 valence electrons. The minimum Gasteiger partial charge on any atom is -0.363 e. The second-order valence-corrected chi connectivity index (χ2v) is 5.42. The maximum Gasteiger partial charge on any atom is 0.0940 e. The van der Waals surface area contributed by atoms with Gasteiger partial charge in [0.2, 0.25) is 0 Å². The predicted molar refractivity (Wildman–Crippen MR) is 82.6 cm³/mol. The molecule has 0 amide bonds. The zero-order valence-corrected chi connectivity index (χ0v) is 13.3. The minimum absolute atomic E-state index is 1.20. The van der Waals surface area contributed by atoms with Gasteiger partial charge in [-0.2, -0.15) is 0 Å². The van der Waals surface area contributed by atoms with Crippen LogP contribution in [0.25, 0.3) is 0 Å². The maximum atomic E-state index is 2.55. The van der Waals surface area contributed by atoms with Crippen molar-refractivity contribution in [2.24, 2.45) is 0 Å². The van der Waals surface area contributed by atoms with Crippen molar-refractivity contribution < 1.29 is 0 Å². The van der Waals surface area contributed by atoms with E-state index in [0.717, 1.165) is 0 Å². The average molecular weight is 255 g/mol. The SMILES string of the molecule is CC.CCCCN(CCC)c1sc(C)cc1C. The van der Waals surface area contributed by atoms with Crippen molar-refractivity contribution in [3.05, 3.63) is 16.5 Å². The Labute approximate surface area is 112 Å². The molecule has 0 bridgehead atoms. The molecule has 0 aromatic carbocycles. The number of anilines is 1. The van der Waals surface area contributed by atoms with Crippen LogP contribution in [0, 0.1) is 13.8 Å². The number of hydrogen-bond donors (Lipinski definition) is 0. The largest absolute Gasteiger partial charge is 0.363 e. The molecule has 17 heavy (non-hydrogen) atoms. The van der Waals surface area contributed by atoms with E-state index < -0.39 is 0 Å². The highest BCUT2D eigenvalue weighted by atomic mass is 32.1. The molecule has 0 fully saturated rings. The number of nitrogens with zero attached hydrogens (tertiary/aromatic N) is 1. The van der Waals surface area contributed by atoms with Crippen LogP contribution in [0.15, 0.2) is 6.07 Å². The van der Waals surface area contributed by atoms with Gasteiger partial charge in [0.05, 0.1) is 5.00 Å². The molecule has 0 N–H and O–H groups in total. The third kappa shape index (κ3) is 5.58. The lowest BCUT2D eigenvalue weighted by atomic mass is 10.2. The molecule has 0 aliphatic heterocycles. The third-order valence-electron chi connectivity index (χ3n) is 2.58. The summed E-state index contributed by atoms with van der Waals surface area (Å²) in [5.74, 6) is 0. The first-order valence-corrected chi connectivity index (χ1v) is 7.82. The fourth-order valence-electron chi connectivity index (χ4n) is 1.88. The summed E-state index contributed by atoms with van der Waals surface area (Å²) in [4.78, 5) is 3.98. The molecule has 0 aliphatic carbocycles. The van der Waals surface area contributed by atoms with Gasteiger partial charge in [0.25, 0.3) is 0 Å². The molecule has 1 aromatic rings. The first kappa shape index (κ1) is 16.5. The normalized spacial score (nSPS) is 9.76. The van der Waals surface area contributed by atoms with Gasteiger partial charge in [-0.3, -0.25) is 0 Å². The summed E-state index contributed by atoms with van der Waals surface area (Å²) in [7, 11) is 0. The minimum atomic E-state index is 1.20. The molecule has 0 saturated heterocycles. The topological polar surface area (TPSA) is 3.24 Å². The molecule has 1 aromatic heterocycles. The molecule has 0 saturated carbocycles. The molecule has 0 unspecified atom stereocenters. The van der Waals surface area contributed by atoms with Gasteiger partial charge < -0.3 is 4.90 Å². The van der Waals surface area contributed by atoms with Crippen LogP contribution in [0.3, 0.4) is 0 Å². The number of hydrogen-bond acceptors (Lipinski definition) is 2. The first-order valence-electron chi connectivity index (χ1n) is 7.01. The average Bonchev–Trinajstić information content (AvgIpc) is 2.66. The fraction of sp³-hybridized carbons (Fsp3) is 0.733. The summed E-state index contributed by atoms with van der Waals surface area (Å²) in [6.07, 6.45) is 3.82. The molecule has 0 atom stereocenters. The number of rotatable bonds is 6. The van der Waals surface area contributed by atoms with Gasteiger partial charge in [-0.1, -0.05) is 34.1 Å². The van der Waals surface area contributed by atoms with Gasteiger partial charge in [0.15, 0.2) is 0 Å². The van der Waals surface area contributed by atoms with Crippen LogP contribution in [-0.2, 0) is 0 Å². The predicted octanol–water partition coefficient (Wildman–Crippen LogP) is 5.41. The van der Waals surface area contributed by atoms with Crippen LogP contribution >= 0.6 is 11.3 Å². The number of aryl methyl sites for hydroxylation is 2. The molecular weight excluding hydrogens is 226 g/mol. The van der Waals surface area contributed by atoms with Crippen LogP contribution in [-0.4, -0.2) is 13.1 Å². The van der Waals surface area contributed by atoms with Crippen LogP contribution in [0.4, 0.5) is 5.00 Å². The Bertz CT molecular complexity index is 291. The Morgan fingerprint density at radius 2 is 1.71 bits per heavy atom. The van der Waals surface area contributed by atoms with Gasteiger partial charge in [0.1, 0.15) is 0 Å². The quantitative estimate of drug-likeness (QED) is 0.657. The summed E-state index contributed by atoms with van der Waals surface area (Å²) in [6.45, 7) is 15.4. The fourth-order valence-corrected chi connectivity index (χ4v) is 2.95.